The molecule has 2 aromatic carbocycles. The third-order valence-corrected chi connectivity index (χ3v) is 3.62. The van der Waals surface area contributed by atoms with Gasteiger partial charge >= 0.3 is 6.03 Å². The van der Waals surface area contributed by atoms with Crippen LogP contribution in [-0.2, 0) is 13.1 Å². The second-order valence-electron chi connectivity index (χ2n) is 5.53. The minimum absolute atomic E-state index is 0.126. The van der Waals surface area contributed by atoms with E-state index in [4.69, 9.17) is 5.73 Å². The van der Waals surface area contributed by atoms with Crippen molar-refractivity contribution in [2.45, 2.75) is 26.9 Å². The maximum atomic E-state index is 12.2. The number of carbonyl (C=O) groups is 2. The lowest BCUT2D eigenvalue weighted by Crippen LogP contribution is -2.28. The molecule has 0 aliphatic rings. The number of benzene rings is 2. The molecule has 5 nitrogen and oxygen atoms in total. The molecule has 0 saturated carbocycles. The van der Waals surface area contributed by atoms with Crippen LogP contribution in [0.4, 0.5) is 4.79 Å². The summed E-state index contributed by atoms with van der Waals surface area (Å²) in [6.45, 7) is 4.93. The van der Waals surface area contributed by atoms with E-state index in [9.17, 15) is 9.59 Å². The van der Waals surface area contributed by atoms with Gasteiger partial charge in [-0.05, 0) is 42.7 Å². The summed E-state index contributed by atoms with van der Waals surface area (Å²) in [5, 5.41) is 5.42. The van der Waals surface area contributed by atoms with Crippen LogP contribution in [-0.4, -0.2) is 11.9 Å². The van der Waals surface area contributed by atoms with E-state index >= 15 is 0 Å². The molecule has 0 unspecified atom stereocenters. The van der Waals surface area contributed by atoms with Gasteiger partial charge in [-0.25, -0.2) is 4.79 Å². The summed E-state index contributed by atoms with van der Waals surface area (Å²) in [7, 11) is 0. The van der Waals surface area contributed by atoms with Gasteiger partial charge in [0, 0.05) is 18.7 Å². The van der Waals surface area contributed by atoms with Gasteiger partial charge in [-0.1, -0.05) is 35.9 Å². The Hall–Kier alpha value is -2.82. The Morgan fingerprint density at radius 2 is 1.65 bits per heavy atom. The lowest BCUT2D eigenvalue weighted by atomic mass is 10.1. The molecular formula is C18H21N3O2. The Balaban J connectivity index is 1.94. The summed E-state index contributed by atoms with van der Waals surface area (Å²) in [5.74, 6) is -0.126. The molecule has 0 radical (unpaired) electrons. The maximum Gasteiger partial charge on any atom is 0.312 e. The summed E-state index contributed by atoms with van der Waals surface area (Å²) < 4.78 is 0. The standard InChI is InChI=1S/C18H21N3O2/c1-12-3-6-16(13(2)9-12)11-20-17(22)15-7-4-14(5-8-15)10-21-18(19)23/h3-9H,10-11H2,1-2H3,(H,20,22)(H3,19,21,23). The number of nitrogens with two attached hydrogens (primary N) is 1. The Labute approximate surface area is 135 Å². The summed E-state index contributed by atoms with van der Waals surface area (Å²) in [5.41, 5.74) is 9.96. The summed E-state index contributed by atoms with van der Waals surface area (Å²) in [6.07, 6.45) is 0. The third kappa shape index (κ3) is 4.85. The van der Waals surface area contributed by atoms with Crippen LogP contribution >= 0.6 is 0 Å². The van der Waals surface area contributed by atoms with E-state index in [-0.39, 0.29) is 5.91 Å². The molecule has 0 bridgehead atoms. The van der Waals surface area contributed by atoms with Crippen molar-refractivity contribution < 1.29 is 9.59 Å². The Bertz CT molecular complexity index is 709. The molecule has 120 valence electrons. The number of carbonyl (C=O) groups excluding carboxylic acids is 2. The number of amides is 3. The predicted octanol–water partition coefficient (Wildman–Crippen LogP) is 2.40. The van der Waals surface area contributed by atoms with Crippen molar-refractivity contribution in [1.29, 1.82) is 0 Å². The molecule has 2 rings (SSSR count). The predicted molar refractivity (Wildman–Crippen MR) is 90.0 cm³/mol. The minimum atomic E-state index is -0.569. The van der Waals surface area contributed by atoms with Crippen molar-refractivity contribution in [2.24, 2.45) is 5.73 Å². The fourth-order valence-corrected chi connectivity index (χ4v) is 2.28. The lowest BCUT2D eigenvalue weighted by Gasteiger charge is -2.09. The van der Waals surface area contributed by atoms with E-state index in [1.54, 1.807) is 24.3 Å². The Morgan fingerprint density at radius 1 is 0.957 bits per heavy atom. The average Bonchev–Trinajstić information content (AvgIpc) is 2.52. The van der Waals surface area contributed by atoms with Gasteiger partial charge in [0.1, 0.15) is 0 Å². The molecule has 0 heterocycles. The zero-order valence-corrected chi connectivity index (χ0v) is 13.3. The quantitative estimate of drug-likeness (QED) is 0.792. The van der Waals surface area contributed by atoms with E-state index in [0.29, 0.717) is 18.7 Å². The van der Waals surface area contributed by atoms with Gasteiger partial charge in [-0.2, -0.15) is 0 Å². The zero-order chi connectivity index (χ0) is 16.8. The van der Waals surface area contributed by atoms with Gasteiger partial charge in [-0.15, -0.1) is 0 Å². The number of primary amides is 1. The summed E-state index contributed by atoms with van der Waals surface area (Å²) >= 11 is 0. The van der Waals surface area contributed by atoms with Crippen molar-refractivity contribution in [3.05, 3.63) is 70.3 Å². The fraction of sp³-hybridized carbons (Fsp3) is 0.222. The molecule has 23 heavy (non-hydrogen) atoms. The number of urea groups is 1. The molecule has 5 heteroatoms. The van der Waals surface area contributed by atoms with Crippen molar-refractivity contribution in [1.82, 2.24) is 10.6 Å². The second-order valence-corrected chi connectivity index (χ2v) is 5.53. The maximum absolute atomic E-state index is 12.2. The topological polar surface area (TPSA) is 84.2 Å². The molecule has 0 aliphatic heterocycles. The second kappa shape index (κ2) is 7.45. The van der Waals surface area contributed by atoms with Crippen LogP contribution in [0.5, 0.6) is 0 Å². The van der Waals surface area contributed by atoms with Crippen molar-refractivity contribution >= 4 is 11.9 Å². The van der Waals surface area contributed by atoms with Crippen LogP contribution in [0.1, 0.15) is 32.6 Å². The van der Waals surface area contributed by atoms with Gasteiger partial charge in [0.25, 0.3) is 5.91 Å². The highest BCUT2D eigenvalue weighted by molar-refractivity contribution is 5.94. The Kier molecular flexibility index (Phi) is 5.36. The molecule has 0 atom stereocenters. The van der Waals surface area contributed by atoms with E-state index < -0.39 is 6.03 Å². The number of aryl methyl sites for hydroxylation is 2. The first-order valence-corrected chi connectivity index (χ1v) is 7.42. The zero-order valence-electron chi connectivity index (χ0n) is 13.3. The molecule has 0 spiro atoms. The summed E-state index contributed by atoms with van der Waals surface area (Å²) in [4.78, 5) is 22.8. The van der Waals surface area contributed by atoms with E-state index in [1.165, 1.54) is 5.56 Å². The van der Waals surface area contributed by atoms with Gasteiger partial charge in [-0.3, -0.25) is 4.79 Å². The van der Waals surface area contributed by atoms with Gasteiger partial charge in [0.05, 0.1) is 0 Å². The highest BCUT2D eigenvalue weighted by atomic mass is 16.2. The molecule has 0 saturated heterocycles. The normalized spacial score (nSPS) is 10.2. The fourth-order valence-electron chi connectivity index (χ4n) is 2.28. The molecule has 4 N–H and O–H groups in total. The first kappa shape index (κ1) is 16.5. The number of rotatable bonds is 5. The van der Waals surface area contributed by atoms with E-state index in [2.05, 4.69) is 16.7 Å². The minimum Gasteiger partial charge on any atom is -0.352 e. The van der Waals surface area contributed by atoms with Crippen LogP contribution in [0, 0.1) is 13.8 Å². The van der Waals surface area contributed by atoms with E-state index in [1.807, 2.05) is 26.0 Å². The van der Waals surface area contributed by atoms with Crippen molar-refractivity contribution in [2.75, 3.05) is 0 Å². The third-order valence-electron chi connectivity index (χ3n) is 3.62. The van der Waals surface area contributed by atoms with Crippen LogP contribution in [0.25, 0.3) is 0 Å². The lowest BCUT2D eigenvalue weighted by molar-refractivity contribution is 0.0951. The molecule has 3 amide bonds. The smallest absolute Gasteiger partial charge is 0.312 e. The SMILES string of the molecule is Cc1ccc(CNC(=O)c2ccc(CNC(N)=O)cc2)c(C)c1. The average molecular weight is 311 g/mol. The van der Waals surface area contributed by atoms with Crippen LogP contribution < -0.4 is 16.4 Å². The number of nitrogens with one attached hydrogen (secondary N) is 2. The van der Waals surface area contributed by atoms with Crippen molar-refractivity contribution in [3.8, 4) is 0 Å². The van der Waals surface area contributed by atoms with Gasteiger partial charge in [0.15, 0.2) is 0 Å². The highest BCUT2D eigenvalue weighted by Gasteiger charge is 2.06. The first-order chi connectivity index (χ1) is 11.0. The number of hydrogen-bond acceptors (Lipinski definition) is 2. The monoisotopic (exact) mass is 311 g/mol. The number of hydrogen-bond donors (Lipinski definition) is 3. The molecule has 0 aliphatic carbocycles. The molecular weight excluding hydrogens is 290 g/mol. The van der Waals surface area contributed by atoms with Gasteiger partial charge < -0.3 is 16.4 Å². The van der Waals surface area contributed by atoms with E-state index in [0.717, 1.165) is 16.7 Å². The van der Waals surface area contributed by atoms with Gasteiger partial charge in [0.2, 0.25) is 0 Å². The largest absolute Gasteiger partial charge is 0.352 e. The molecule has 0 fully saturated rings. The Morgan fingerprint density at radius 3 is 2.26 bits per heavy atom. The summed E-state index contributed by atoms with van der Waals surface area (Å²) in [6, 6.07) is 12.6. The highest BCUT2D eigenvalue weighted by Crippen LogP contribution is 2.11. The van der Waals surface area contributed by atoms with Crippen LogP contribution in [0.3, 0.4) is 0 Å². The van der Waals surface area contributed by atoms with Crippen molar-refractivity contribution in [3.63, 3.8) is 0 Å². The van der Waals surface area contributed by atoms with Crippen LogP contribution in [0.2, 0.25) is 0 Å². The molecule has 0 aromatic heterocycles. The first-order valence-electron chi connectivity index (χ1n) is 7.42. The van der Waals surface area contributed by atoms with Crippen LogP contribution in [0.15, 0.2) is 42.5 Å². The molecule has 2 aromatic rings.